The van der Waals surface area contributed by atoms with Crippen LogP contribution in [0.15, 0.2) is 54.6 Å². The highest BCUT2D eigenvalue weighted by molar-refractivity contribution is 7.15. The Morgan fingerprint density at radius 3 is 2.77 bits per heavy atom. The SMILES string of the molecule is COc1cccc(-c2cc(C(=O)NCc3sc(-c4ccccc4C)nc3C)[nH]n2)c1. The number of H-pyrrole nitrogens is 1. The first-order chi connectivity index (χ1) is 14.5. The van der Waals surface area contributed by atoms with Gasteiger partial charge in [-0.25, -0.2) is 4.98 Å². The molecule has 2 N–H and O–H groups in total. The van der Waals surface area contributed by atoms with Gasteiger partial charge >= 0.3 is 0 Å². The molecule has 0 spiro atoms. The van der Waals surface area contributed by atoms with Crippen LogP contribution in [0.25, 0.3) is 21.8 Å². The van der Waals surface area contributed by atoms with E-state index in [0.717, 1.165) is 32.5 Å². The Hall–Kier alpha value is -3.45. The molecule has 0 saturated carbocycles. The minimum Gasteiger partial charge on any atom is -0.497 e. The molecule has 7 heteroatoms. The number of ether oxygens (including phenoxy) is 1. The third-order valence-corrected chi connectivity index (χ3v) is 6.06. The molecule has 2 aromatic heterocycles. The van der Waals surface area contributed by atoms with Crippen LogP contribution < -0.4 is 10.1 Å². The van der Waals surface area contributed by atoms with E-state index in [1.54, 1.807) is 24.5 Å². The van der Waals surface area contributed by atoms with Crippen molar-refractivity contribution in [2.75, 3.05) is 7.11 Å². The predicted molar refractivity (Wildman–Crippen MR) is 119 cm³/mol. The van der Waals surface area contributed by atoms with Gasteiger partial charge in [-0.05, 0) is 37.6 Å². The van der Waals surface area contributed by atoms with Gasteiger partial charge in [0.1, 0.15) is 16.5 Å². The fourth-order valence-corrected chi connectivity index (χ4v) is 4.24. The zero-order valence-electron chi connectivity index (χ0n) is 17.0. The maximum atomic E-state index is 12.6. The average molecular weight is 419 g/mol. The van der Waals surface area contributed by atoms with Crippen LogP contribution in [0.4, 0.5) is 0 Å². The molecule has 0 aliphatic heterocycles. The molecule has 152 valence electrons. The molecule has 0 fully saturated rings. The molecule has 0 atom stereocenters. The summed E-state index contributed by atoms with van der Waals surface area (Å²) in [6, 6.07) is 17.5. The van der Waals surface area contributed by atoms with Crippen LogP contribution in [-0.4, -0.2) is 28.2 Å². The van der Waals surface area contributed by atoms with E-state index in [2.05, 4.69) is 39.6 Å². The summed E-state index contributed by atoms with van der Waals surface area (Å²) in [7, 11) is 1.62. The molecule has 0 unspecified atom stereocenters. The van der Waals surface area contributed by atoms with E-state index in [0.29, 0.717) is 17.9 Å². The van der Waals surface area contributed by atoms with E-state index in [-0.39, 0.29) is 5.91 Å². The summed E-state index contributed by atoms with van der Waals surface area (Å²) >= 11 is 1.60. The zero-order valence-corrected chi connectivity index (χ0v) is 17.8. The van der Waals surface area contributed by atoms with Crippen molar-refractivity contribution in [1.82, 2.24) is 20.5 Å². The number of carbonyl (C=O) groups excluding carboxylic acids is 1. The number of carbonyl (C=O) groups is 1. The maximum Gasteiger partial charge on any atom is 0.269 e. The van der Waals surface area contributed by atoms with Gasteiger partial charge < -0.3 is 10.1 Å². The van der Waals surface area contributed by atoms with Gasteiger partial charge in [0.05, 0.1) is 25.0 Å². The van der Waals surface area contributed by atoms with E-state index in [4.69, 9.17) is 4.74 Å². The van der Waals surface area contributed by atoms with Crippen LogP contribution in [0, 0.1) is 13.8 Å². The van der Waals surface area contributed by atoms with Crippen LogP contribution in [0.2, 0.25) is 0 Å². The van der Waals surface area contributed by atoms with E-state index in [9.17, 15) is 4.79 Å². The molecule has 2 heterocycles. The number of hydrogen-bond donors (Lipinski definition) is 2. The highest BCUT2D eigenvalue weighted by Crippen LogP contribution is 2.30. The number of nitrogens with zero attached hydrogens (tertiary/aromatic N) is 2. The van der Waals surface area contributed by atoms with Gasteiger partial charge in [-0.15, -0.1) is 11.3 Å². The first-order valence-corrected chi connectivity index (χ1v) is 10.4. The standard InChI is InChI=1S/C23H22N4O2S/c1-14-7-4-5-10-18(14)23-25-15(2)21(30-23)13-24-22(28)20-12-19(26-27-20)16-8-6-9-17(11-16)29-3/h4-12H,13H2,1-3H3,(H,24,28)(H,26,27). The summed E-state index contributed by atoms with van der Waals surface area (Å²) in [5.41, 5.74) is 5.22. The largest absolute Gasteiger partial charge is 0.497 e. The second kappa shape index (κ2) is 8.51. The molecule has 6 nitrogen and oxygen atoms in total. The lowest BCUT2D eigenvalue weighted by molar-refractivity contribution is 0.0946. The number of amides is 1. The molecule has 4 aromatic rings. The van der Waals surface area contributed by atoms with E-state index >= 15 is 0 Å². The van der Waals surface area contributed by atoms with Gasteiger partial charge in [0.15, 0.2) is 0 Å². The number of rotatable bonds is 6. The zero-order chi connectivity index (χ0) is 21.1. The lowest BCUT2D eigenvalue weighted by atomic mass is 10.1. The predicted octanol–water partition coefficient (Wildman–Crippen LogP) is 4.76. The van der Waals surface area contributed by atoms with Crippen molar-refractivity contribution in [3.05, 3.63) is 76.4 Å². The molecule has 0 radical (unpaired) electrons. The molecule has 0 aliphatic rings. The van der Waals surface area contributed by atoms with Gasteiger partial charge in [0, 0.05) is 16.0 Å². The van der Waals surface area contributed by atoms with Crippen molar-refractivity contribution < 1.29 is 9.53 Å². The number of thiazole rings is 1. The summed E-state index contributed by atoms with van der Waals surface area (Å²) in [6.07, 6.45) is 0. The Morgan fingerprint density at radius 2 is 1.97 bits per heavy atom. The minimum atomic E-state index is -0.207. The van der Waals surface area contributed by atoms with E-state index < -0.39 is 0 Å². The van der Waals surface area contributed by atoms with Crippen molar-refractivity contribution in [3.63, 3.8) is 0 Å². The first-order valence-electron chi connectivity index (χ1n) is 9.55. The number of aromatic nitrogens is 3. The fourth-order valence-electron chi connectivity index (χ4n) is 3.14. The van der Waals surface area contributed by atoms with Crippen LogP contribution >= 0.6 is 11.3 Å². The molecular weight excluding hydrogens is 396 g/mol. The Morgan fingerprint density at radius 1 is 1.13 bits per heavy atom. The lowest BCUT2D eigenvalue weighted by Crippen LogP contribution is -2.23. The van der Waals surface area contributed by atoms with Gasteiger partial charge in [0.2, 0.25) is 0 Å². The third kappa shape index (κ3) is 4.11. The minimum absolute atomic E-state index is 0.207. The lowest BCUT2D eigenvalue weighted by Gasteiger charge is -2.02. The van der Waals surface area contributed by atoms with Gasteiger partial charge in [0.25, 0.3) is 5.91 Å². The van der Waals surface area contributed by atoms with E-state index in [1.807, 2.05) is 43.3 Å². The van der Waals surface area contributed by atoms with Gasteiger partial charge in [-0.2, -0.15) is 5.10 Å². The van der Waals surface area contributed by atoms with Crippen molar-refractivity contribution in [1.29, 1.82) is 0 Å². The summed E-state index contributed by atoms with van der Waals surface area (Å²) in [6.45, 7) is 4.46. The van der Waals surface area contributed by atoms with E-state index in [1.165, 1.54) is 5.56 Å². The van der Waals surface area contributed by atoms with Crippen LogP contribution in [0.1, 0.15) is 26.6 Å². The molecule has 0 saturated heterocycles. The molecular formula is C23H22N4O2S. The van der Waals surface area contributed by atoms with Gasteiger partial charge in [-0.1, -0.05) is 36.4 Å². The number of aromatic amines is 1. The molecule has 4 rings (SSSR count). The summed E-state index contributed by atoms with van der Waals surface area (Å²) in [4.78, 5) is 18.3. The second-order valence-electron chi connectivity index (χ2n) is 6.92. The number of hydrogen-bond acceptors (Lipinski definition) is 5. The summed E-state index contributed by atoms with van der Waals surface area (Å²) < 4.78 is 5.25. The molecule has 2 aromatic carbocycles. The Bertz CT molecular complexity index is 1200. The molecule has 0 bridgehead atoms. The Balaban J connectivity index is 1.46. The number of aryl methyl sites for hydroxylation is 2. The monoisotopic (exact) mass is 418 g/mol. The number of benzene rings is 2. The fraction of sp³-hybridized carbons (Fsp3) is 0.174. The highest BCUT2D eigenvalue weighted by Gasteiger charge is 2.15. The third-order valence-electron chi connectivity index (χ3n) is 4.87. The molecule has 30 heavy (non-hydrogen) atoms. The van der Waals surface area contributed by atoms with Crippen LogP contribution in [0.3, 0.4) is 0 Å². The first kappa shape index (κ1) is 19.8. The smallest absolute Gasteiger partial charge is 0.269 e. The highest BCUT2D eigenvalue weighted by atomic mass is 32.1. The van der Waals surface area contributed by atoms with Crippen LogP contribution in [-0.2, 0) is 6.54 Å². The van der Waals surface area contributed by atoms with Crippen molar-refractivity contribution in [3.8, 4) is 27.6 Å². The quantitative estimate of drug-likeness (QED) is 0.473. The van der Waals surface area contributed by atoms with Gasteiger partial charge in [-0.3, -0.25) is 9.89 Å². The summed E-state index contributed by atoms with van der Waals surface area (Å²) in [5, 5.41) is 11.0. The second-order valence-corrected chi connectivity index (χ2v) is 8.01. The summed E-state index contributed by atoms with van der Waals surface area (Å²) in [5.74, 6) is 0.536. The van der Waals surface area contributed by atoms with Crippen molar-refractivity contribution in [2.24, 2.45) is 0 Å². The normalized spacial score (nSPS) is 10.8. The molecule has 0 aliphatic carbocycles. The van der Waals surface area contributed by atoms with Crippen molar-refractivity contribution >= 4 is 17.2 Å². The van der Waals surface area contributed by atoms with Crippen LogP contribution in [0.5, 0.6) is 5.75 Å². The Kier molecular flexibility index (Phi) is 5.63. The average Bonchev–Trinajstić information content (AvgIpc) is 3.40. The number of nitrogens with one attached hydrogen (secondary N) is 2. The maximum absolute atomic E-state index is 12.6. The topological polar surface area (TPSA) is 79.9 Å². The number of methoxy groups -OCH3 is 1. The van der Waals surface area contributed by atoms with Crippen molar-refractivity contribution in [2.45, 2.75) is 20.4 Å². The Labute approximate surface area is 179 Å². The molecule has 1 amide bonds.